The molecule has 1 aromatic carbocycles. The lowest BCUT2D eigenvalue weighted by Crippen LogP contribution is -2.12. The summed E-state index contributed by atoms with van der Waals surface area (Å²) in [6.45, 7) is 7.81. The highest BCUT2D eigenvalue weighted by atomic mass is 16.4. The van der Waals surface area contributed by atoms with Crippen molar-refractivity contribution >= 4 is 5.97 Å². The number of carboxylic acids is 1. The standard InChI is InChI=1S/C17H18N2O2/c1-3-8-15-18-14(12-13-9-6-5-7-10-13)16(17(20)21)19(15)11-4-2/h3-7,9-10H,1-2,8,11-12H2,(H,20,21). The molecular formula is C17H18N2O2. The molecule has 4 heteroatoms. The summed E-state index contributed by atoms with van der Waals surface area (Å²) in [4.78, 5) is 16.1. The molecule has 1 N–H and O–H groups in total. The average Bonchev–Trinajstić information content (AvgIpc) is 2.79. The lowest BCUT2D eigenvalue weighted by molar-refractivity contribution is 0.0684. The van der Waals surface area contributed by atoms with Gasteiger partial charge in [0.05, 0.1) is 5.69 Å². The molecule has 0 atom stereocenters. The Morgan fingerprint density at radius 1 is 1.24 bits per heavy atom. The Labute approximate surface area is 124 Å². The van der Waals surface area contributed by atoms with E-state index in [1.54, 1.807) is 16.7 Å². The highest BCUT2D eigenvalue weighted by molar-refractivity contribution is 5.87. The van der Waals surface area contributed by atoms with Crippen LogP contribution in [0.5, 0.6) is 0 Å². The first-order valence-corrected chi connectivity index (χ1v) is 6.74. The van der Waals surface area contributed by atoms with Gasteiger partial charge in [-0.15, -0.1) is 13.2 Å². The van der Waals surface area contributed by atoms with Crippen molar-refractivity contribution < 1.29 is 9.90 Å². The average molecular weight is 282 g/mol. The smallest absolute Gasteiger partial charge is 0.354 e. The maximum absolute atomic E-state index is 11.6. The topological polar surface area (TPSA) is 55.1 Å². The van der Waals surface area contributed by atoms with E-state index in [0.29, 0.717) is 30.9 Å². The lowest BCUT2D eigenvalue weighted by atomic mass is 10.1. The number of aromatic carboxylic acids is 1. The van der Waals surface area contributed by atoms with Gasteiger partial charge >= 0.3 is 5.97 Å². The quantitative estimate of drug-likeness (QED) is 0.794. The van der Waals surface area contributed by atoms with Crippen molar-refractivity contribution in [1.29, 1.82) is 0 Å². The first-order chi connectivity index (χ1) is 10.2. The zero-order chi connectivity index (χ0) is 15.2. The summed E-state index contributed by atoms with van der Waals surface area (Å²) in [7, 11) is 0. The predicted molar refractivity (Wildman–Crippen MR) is 82.5 cm³/mol. The minimum absolute atomic E-state index is 0.232. The third-order valence-corrected chi connectivity index (χ3v) is 3.17. The van der Waals surface area contributed by atoms with Crippen LogP contribution in [0.25, 0.3) is 0 Å². The second kappa shape index (κ2) is 6.70. The van der Waals surface area contributed by atoms with Gasteiger partial charge in [-0.2, -0.15) is 0 Å². The molecule has 0 aliphatic heterocycles. The van der Waals surface area contributed by atoms with Crippen LogP contribution in [0.2, 0.25) is 0 Å². The number of imidazole rings is 1. The summed E-state index contributed by atoms with van der Waals surface area (Å²) in [5, 5.41) is 9.51. The Morgan fingerprint density at radius 2 is 1.95 bits per heavy atom. The molecule has 0 fully saturated rings. The Balaban J connectivity index is 2.48. The van der Waals surface area contributed by atoms with Crippen LogP contribution in [0.4, 0.5) is 0 Å². The summed E-state index contributed by atoms with van der Waals surface area (Å²) in [6.07, 6.45) is 4.42. The number of nitrogens with zero attached hydrogens (tertiary/aromatic N) is 2. The van der Waals surface area contributed by atoms with Crippen LogP contribution in [0.15, 0.2) is 55.6 Å². The fourth-order valence-corrected chi connectivity index (χ4v) is 2.32. The van der Waals surface area contributed by atoms with Gasteiger partial charge in [0.2, 0.25) is 0 Å². The number of carbonyl (C=O) groups is 1. The van der Waals surface area contributed by atoms with Crippen LogP contribution in [0.3, 0.4) is 0 Å². The third kappa shape index (κ3) is 3.28. The maximum Gasteiger partial charge on any atom is 0.354 e. The number of rotatable bonds is 7. The fraction of sp³-hybridized carbons (Fsp3) is 0.176. The third-order valence-electron chi connectivity index (χ3n) is 3.17. The summed E-state index contributed by atoms with van der Waals surface area (Å²) in [5.74, 6) is -0.265. The molecule has 0 amide bonds. The molecular weight excluding hydrogens is 264 g/mol. The largest absolute Gasteiger partial charge is 0.477 e. The molecule has 0 saturated carbocycles. The van der Waals surface area contributed by atoms with E-state index in [1.807, 2.05) is 30.3 Å². The molecule has 0 bridgehead atoms. The summed E-state index contributed by atoms with van der Waals surface area (Å²) >= 11 is 0. The normalized spacial score (nSPS) is 10.3. The summed E-state index contributed by atoms with van der Waals surface area (Å²) in [6, 6.07) is 9.72. The first kappa shape index (κ1) is 14.8. The number of benzene rings is 1. The van der Waals surface area contributed by atoms with E-state index in [0.717, 1.165) is 5.56 Å². The molecule has 21 heavy (non-hydrogen) atoms. The maximum atomic E-state index is 11.6. The SMILES string of the molecule is C=CCc1nc(Cc2ccccc2)c(C(=O)O)n1CC=C. The van der Waals surface area contributed by atoms with Crippen LogP contribution < -0.4 is 0 Å². The Kier molecular flexibility index (Phi) is 4.72. The molecule has 4 nitrogen and oxygen atoms in total. The summed E-state index contributed by atoms with van der Waals surface area (Å²) in [5.41, 5.74) is 1.84. The van der Waals surface area contributed by atoms with Gasteiger partial charge in [0.15, 0.2) is 5.69 Å². The van der Waals surface area contributed by atoms with Crippen molar-refractivity contribution in [2.45, 2.75) is 19.4 Å². The van der Waals surface area contributed by atoms with Crippen LogP contribution in [0.1, 0.15) is 27.6 Å². The second-order valence-electron chi connectivity index (χ2n) is 4.68. The number of hydrogen-bond donors (Lipinski definition) is 1. The van der Waals surface area contributed by atoms with Crippen LogP contribution in [-0.4, -0.2) is 20.6 Å². The first-order valence-electron chi connectivity index (χ1n) is 6.74. The predicted octanol–water partition coefficient (Wildman–Crippen LogP) is 3.09. The van der Waals surface area contributed by atoms with Crippen molar-refractivity contribution in [3.05, 3.63) is 78.4 Å². The van der Waals surface area contributed by atoms with Crippen molar-refractivity contribution in [3.63, 3.8) is 0 Å². The molecule has 0 radical (unpaired) electrons. The number of allylic oxidation sites excluding steroid dienone is 2. The van der Waals surface area contributed by atoms with Gasteiger partial charge < -0.3 is 9.67 Å². The highest BCUT2D eigenvalue weighted by Crippen LogP contribution is 2.17. The second-order valence-corrected chi connectivity index (χ2v) is 4.68. The fourth-order valence-electron chi connectivity index (χ4n) is 2.32. The van der Waals surface area contributed by atoms with Crippen molar-refractivity contribution in [3.8, 4) is 0 Å². The van der Waals surface area contributed by atoms with E-state index in [4.69, 9.17) is 0 Å². The zero-order valence-corrected chi connectivity index (χ0v) is 11.8. The van der Waals surface area contributed by atoms with Crippen molar-refractivity contribution in [2.24, 2.45) is 0 Å². The molecule has 0 aliphatic carbocycles. The van der Waals surface area contributed by atoms with Gasteiger partial charge in [0.1, 0.15) is 5.82 Å². The van der Waals surface area contributed by atoms with E-state index in [2.05, 4.69) is 18.1 Å². The number of hydrogen-bond acceptors (Lipinski definition) is 2. The van der Waals surface area contributed by atoms with E-state index < -0.39 is 5.97 Å². The van der Waals surface area contributed by atoms with Crippen molar-refractivity contribution in [2.75, 3.05) is 0 Å². The monoisotopic (exact) mass is 282 g/mol. The van der Waals surface area contributed by atoms with Gasteiger partial charge in [-0.1, -0.05) is 42.5 Å². The number of carboxylic acid groups (broad SMARTS) is 1. The molecule has 0 saturated heterocycles. The summed E-state index contributed by atoms with van der Waals surface area (Å²) < 4.78 is 1.69. The molecule has 2 aromatic rings. The molecule has 1 aromatic heterocycles. The molecule has 0 unspecified atom stereocenters. The molecule has 2 rings (SSSR count). The minimum atomic E-state index is -0.967. The molecule has 1 heterocycles. The van der Waals surface area contributed by atoms with E-state index in [1.165, 1.54) is 0 Å². The minimum Gasteiger partial charge on any atom is -0.477 e. The van der Waals surface area contributed by atoms with E-state index >= 15 is 0 Å². The Bertz CT molecular complexity index is 657. The van der Waals surface area contributed by atoms with Crippen molar-refractivity contribution in [1.82, 2.24) is 9.55 Å². The Morgan fingerprint density at radius 3 is 2.52 bits per heavy atom. The van der Waals surface area contributed by atoms with Crippen LogP contribution in [0, 0.1) is 0 Å². The lowest BCUT2D eigenvalue weighted by Gasteiger charge is -2.06. The molecule has 108 valence electrons. The molecule has 0 aliphatic rings. The van der Waals surface area contributed by atoms with Gasteiger partial charge in [-0.25, -0.2) is 9.78 Å². The van der Waals surface area contributed by atoms with Gasteiger partial charge in [-0.3, -0.25) is 0 Å². The van der Waals surface area contributed by atoms with E-state index in [9.17, 15) is 9.90 Å². The zero-order valence-electron chi connectivity index (χ0n) is 11.8. The highest BCUT2D eigenvalue weighted by Gasteiger charge is 2.21. The van der Waals surface area contributed by atoms with Gasteiger partial charge in [-0.05, 0) is 5.56 Å². The van der Waals surface area contributed by atoms with Gasteiger partial charge in [0, 0.05) is 19.4 Å². The van der Waals surface area contributed by atoms with Crippen LogP contribution >= 0.6 is 0 Å². The van der Waals surface area contributed by atoms with E-state index in [-0.39, 0.29) is 5.69 Å². The van der Waals surface area contributed by atoms with Gasteiger partial charge in [0.25, 0.3) is 0 Å². The van der Waals surface area contributed by atoms with Crippen LogP contribution in [-0.2, 0) is 19.4 Å². The Hall–Kier alpha value is -2.62. The molecule has 0 spiro atoms. The number of aromatic nitrogens is 2.